The summed E-state index contributed by atoms with van der Waals surface area (Å²) in [6, 6.07) is 17.3. The van der Waals surface area contributed by atoms with Crippen molar-refractivity contribution in [1.29, 1.82) is 0 Å². The number of thioether (sulfide) groups is 1. The summed E-state index contributed by atoms with van der Waals surface area (Å²) in [5.74, 6) is 4.54. The van der Waals surface area contributed by atoms with Crippen LogP contribution in [0, 0.1) is 5.92 Å². The summed E-state index contributed by atoms with van der Waals surface area (Å²) in [5, 5.41) is 8.62. The number of ether oxygens (including phenoxy) is 1. The minimum atomic E-state index is 0.429. The average Bonchev–Trinajstić information content (AvgIpc) is 2.99. The predicted octanol–water partition coefficient (Wildman–Crippen LogP) is 7.29. The van der Waals surface area contributed by atoms with E-state index in [0.29, 0.717) is 10.8 Å². The summed E-state index contributed by atoms with van der Waals surface area (Å²) in [5.41, 5.74) is 2.40. The van der Waals surface area contributed by atoms with Gasteiger partial charge in [-0.1, -0.05) is 43.5 Å². The highest BCUT2D eigenvalue weighted by Crippen LogP contribution is 2.44. The van der Waals surface area contributed by atoms with E-state index in [1.807, 2.05) is 20.2 Å². The highest BCUT2D eigenvalue weighted by molar-refractivity contribution is 7.99. The van der Waals surface area contributed by atoms with E-state index in [9.17, 15) is 0 Å². The Labute approximate surface area is 245 Å². The van der Waals surface area contributed by atoms with E-state index in [2.05, 4.69) is 69.8 Å². The van der Waals surface area contributed by atoms with Gasteiger partial charge < -0.3 is 20.3 Å². The number of para-hydroxylation sites is 1. The molecule has 2 saturated carbocycles. The molecule has 2 fully saturated rings. The normalized spacial score (nSPS) is 20.8. The number of rotatable bonds is 12. The largest absolute Gasteiger partial charge is 0.497 e. The quantitative estimate of drug-likeness (QED) is 0.225. The lowest BCUT2D eigenvalue weighted by Crippen LogP contribution is -2.35. The van der Waals surface area contributed by atoms with Gasteiger partial charge in [-0.15, -0.1) is 0 Å². The topological polar surface area (TPSA) is 62.3 Å². The molecular weight excluding hydrogens is 514 g/mol. The van der Waals surface area contributed by atoms with Crippen molar-refractivity contribution in [2.45, 2.75) is 80.7 Å². The third-order valence-electron chi connectivity index (χ3n) is 8.85. The molecule has 6 nitrogen and oxygen atoms in total. The van der Waals surface area contributed by atoms with E-state index in [0.717, 1.165) is 53.2 Å². The Morgan fingerprint density at radius 1 is 0.950 bits per heavy atom. The smallest absolute Gasteiger partial charge is 0.225 e. The van der Waals surface area contributed by atoms with Crippen LogP contribution in [0.4, 0.5) is 11.8 Å². The zero-order valence-electron chi connectivity index (χ0n) is 24.6. The highest BCUT2D eigenvalue weighted by atomic mass is 32.2. The number of nitrogens with zero attached hydrogens (tertiary/aromatic N) is 3. The van der Waals surface area contributed by atoms with Gasteiger partial charge in [-0.05, 0) is 93.8 Å². The Morgan fingerprint density at radius 2 is 1.70 bits per heavy atom. The molecule has 0 saturated heterocycles. The zero-order valence-corrected chi connectivity index (χ0v) is 25.4. The molecule has 7 heteroatoms. The summed E-state index contributed by atoms with van der Waals surface area (Å²) >= 11 is 2.20. The number of methoxy groups -OCH3 is 1. The van der Waals surface area contributed by atoms with Gasteiger partial charge in [0.05, 0.1) is 12.6 Å². The molecule has 0 aliphatic heterocycles. The minimum Gasteiger partial charge on any atom is -0.497 e. The average molecular weight is 562 g/mol. The summed E-state index contributed by atoms with van der Waals surface area (Å²) < 4.78 is 5.76. The standard InChI is InChI=1S/C33H47N5OS/c1-38(2)31-29-9-5-6-10-30(29)36-32(37-31)35-27-15-11-25(12-16-27)23-34-22-21-33(19-7-4-8-20-33)40-24-26-13-17-28(39-3)18-14-26/h5-6,9-10,13-14,17-18,25,27,34H,4,7-8,11-12,15-16,19-24H2,1-3H3,(H,35,36,37)/t25-,27+. The molecule has 2 aliphatic rings. The number of fused-ring (bicyclic) bond motifs is 1. The lowest BCUT2D eigenvalue weighted by Gasteiger charge is -2.37. The van der Waals surface area contributed by atoms with Gasteiger partial charge in [0.2, 0.25) is 5.95 Å². The summed E-state index contributed by atoms with van der Waals surface area (Å²) in [4.78, 5) is 11.7. The molecule has 0 spiro atoms. The number of nitrogens with one attached hydrogen (secondary N) is 2. The number of aromatic nitrogens is 2. The maximum atomic E-state index is 5.33. The van der Waals surface area contributed by atoms with E-state index in [1.165, 1.54) is 69.8 Å². The van der Waals surface area contributed by atoms with Gasteiger partial charge in [0.1, 0.15) is 11.6 Å². The first kappa shape index (κ1) is 29.0. The van der Waals surface area contributed by atoms with Crippen LogP contribution in [0.25, 0.3) is 10.9 Å². The molecule has 2 aliphatic carbocycles. The summed E-state index contributed by atoms with van der Waals surface area (Å²) in [6.07, 6.45) is 13.0. The molecule has 216 valence electrons. The predicted molar refractivity (Wildman–Crippen MR) is 171 cm³/mol. The van der Waals surface area contributed by atoms with Crippen LogP contribution >= 0.6 is 11.8 Å². The van der Waals surface area contributed by atoms with Crippen LogP contribution in [0.15, 0.2) is 48.5 Å². The molecule has 0 unspecified atom stereocenters. The van der Waals surface area contributed by atoms with E-state index >= 15 is 0 Å². The second-order valence-electron chi connectivity index (χ2n) is 12.0. The molecule has 2 aromatic carbocycles. The second-order valence-corrected chi connectivity index (χ2v) is 13.4. The van der Waals surface area contributed by atoms with Crippen molar-refractivity contribution in [1.82, 2.24) is 15.3 Å². The Hall–Kier alpha value is -2.51. The summed E-state index contributed by atoms with van der Waals surface area (Å²) in [7, 11) is 5.83. The maximum absolute atomic E-state index is 5.33. The number of hydrogen-bond donors (Lipinski definition) is 2. The van der Waals surface area contributed by atoms with Crippen LogP contribution in [0.3, 0.4) is 0 Å². The Balaban J connectivity index is 1.06. The number of benzene rings is 2. The van der Waals surface area contributed by atoms with Crippen molar-refractivity contribution in [3.63, 3.8) is 0 Å². The van der Waals surface area contributed by atoms with Crippen molar-refractivity contribution in [2.75, 3.05) is 44.5 Å². The molecule has 1 heterocycles. The highest BCUT2D eigenvalue weighted by Gasteiger charge is 2.32. The van der Waals surface area contributed by atoms with Crippen molar-refractivity contribution in [3.8, 4) is 5.75 Å². The molecule has 0 radical (unpaired) electrons. The third kappa shape index (κ3) is 7.61. The minimum absolute atomic E-state index is 0.429. The summed E-state index contributed by atoms with van der Waals surface area (Å²) in [6.45, 7) is 2.27. The molecule has 3 aromatic rings. The van der Waals surface area contributed by atoms with Crippen LogP contribution < -0.4 is 20.3 Å². The van der Waals surface area contributed by atoms with Crippen molar-refractivity contribution in [3.05, 3.63) is 54.1 Å². The molecule has 5 rings (SSSR count). The first-order valence-corrected chi connectivity index (χ1v) is 16.2. The van der Waals surface area contributed by atoms with E-state index < -0.39 is 0 Å². The van der Waals surface area contributed by atoms with Crippen LogP contribution in [0.2, 0.25) is 0 Å². The monoisotopic (exact) mass is 561 g/mol. The lowest BCUT2D eigenvalue weighted by molar-refractivity contribution is 0.315. The van der Waals surface area contributed by atoms with Crippen LogP contribution in [0.1, 0.15) is 69.8 Å². The molecular formula is C33H47N5OS. The fourth-order valence-electron chi connectivity index (χ4n) is 6.40. The second kappa shape index (κ2) is 13.9. The fraction of sp³-hybridized carbons (Fsp3) is 0.576. The van der Waals surface area contributed by atoms with Gasteiger partial charge in [-0.2, -0.15) is 16.7 Å². The molecule has 2 N–H and O–H groups in total. The van der Waals surface area contributed by atoms with Gasteiger partial charge >= 0.3 is 0 Å². The van der Waals surface area contributed by atoms with Gasteiger partial charge in [0, 0.05) is 36.0 Å². The van der Waals surface area contributed by atoms with Crippen molar-refractivity contribution in [2.24, 2.45) is 5.92 Å². The third-order valence-corrected chi connectivity index (χ3v) is 10.5. The first-order chi connectivity index (χ1) is 19.5. The van der Waals surface area contributed by atoms with Crippen molar-refractivity contribution >= 4 is 34.4 Å². The molecule has 0 atom stereocenters. The van der Waals surface area contributed by atoms with Gasteiger partial charge in [-0.3, -0.25) is 0 Å². The molecule has 0 bridgehead atoms. The van der Waals surface area contributed by atoms with Crippen LogP contribution in [-0.4, -0.2) is 55.1 Å². The fourth-order valence-corrected chi connectivity index (χ4v) is 7.89. The molecule has 40 heavy (non-hydrogen) atoms. The zero-order chi connectivity index (χ0) is 27.8. The van der Waals surface area contributed by atoms with Gasteiger partial charge in [0.15, 0.2) is 0 Å². The maximum Gasteiger partial charge on any atom is 0.225 e. The van der Waals surface area contributed by atoms with E-state index in [1.54, 1.807) is 7.11 Å². The van der Waals surface area contributed by atoms with Crippen LogP contribution in [-0.2, 0) is 5.75 Å². The van der Waals surface area contributed by atoms with Gasteiger partial charge in [-0.25, -0.2) is 4.98 Å². The Bertz CT molecular complexity index is 1200. The van der Waals surface area contributed by atoms with E-state index in [-0.39, 0.29) is 0 Å². The van der Waals surface area contributed by atoms with Crippen LogP contribution in [0.5, 0.6) is 5.75 Å². The van der Waals surface area contributed by atoms with Gasteiger partial charge in [0.25, 0.3) is 0 Å². The Kier molecular flexibility index (Phi) is 10.1. The SMILES string of the molecule is COc1ccc(CSC2(CCNC[C@H]3CC[C@@H](Nc4nc(N(C)C)c5ccccc5n4)CC3)CCCCC2)cc1. The molecule has 1 aromatic heterocycles. The lowest BCUT2D eigenvalue weighted by atomic mass is 9.85. The molecule has 0 amide bonds. The number of anilines is 2. The Morgan fingerprint density at radius 3 is 2.42 bits per heavy atom. The first-order valence-electron chi connectivity index (χ1n) is 15.2. The van der Waals surface area contributed by atoms with E-state index in [4.69, 9.17) is 14.7 Å². The van der Waals surface area contributed by atoms with Crippen molar-refractivity contribution < 1.29 is 4.74 Å². The number of hydrogen-bond acceptors (Lipinski definition) is 7.